The topological polar surface area (TPSA) is 60.2 Å². The lowest BCUT2D eigenvalue weighted by Crippen LogP contribution is -2.05. The fraction of sp³-hybridized carbons (Fsp3) is 0.0909. The lowest BCUT2D eigenvalue weighted by atomic mass is 10.3. The molecule has 0 fully saturated rings. The number of nitrogen functional groups attached to an aromatic ring is 1. The molecule has 2 aromatic rings. The van der Waals surface area contributed by atoms with E-state index in [9.17, 15) is 8.42 Å². The van der Waals surface area contributed by atoms with E-state index in [-0.39, 0.29) is 10.6 Å². The number of anilines is 1. The lowest BCUT2D eigenvalue weighted by Gasteiger charge is -2.06. The van der Waals surface area contributed by atoms with Gasteiger partial charge in [0.25, 0.3) is 0 Å². The highest BCUT2D eigenvalue weighted by molar-refractivity contribution is 9.10. The summed E-state index contributed by atoms with van der Waals surface area (Å²) in [4.78, 5) is 0.276. The van der Waals surface area contributed by atoms with Gasteiger partial charge in [-0.25, -0.2) is 8.42 Å². The van der Waals surface area contributed by atoms with Crippen LogP contribution in [0.5, 0.6) is 0 Å². The molecule has 0 atom stereocenters. The van der Waals surface area contributed by atoms with Crippen molar-refractivity contribution in [2.45, 2.75) is 10.6 Å². The van der Waals surface area contributed by atoms with Crippen LogP contribution in [0, 0.1) is 0 Å². The van der Waals surface area contributed by atoms with Crippen LogP contribution in [-0.2, 0) is 15.6 Å². The van der Waals surface area contributed by atoms with Crippen LogP contribution in [-0.4, -0.2) is 8.42 Å². The molecule has 90 valence electrons. The summed E-state index contributed by atoms with van der Waals surface area (Å²) in [5, 5.41) is 3.70. The van der Waals surface area contributed by atoms with Crippen LogP contribution in [0.15, 0.2) is 44.4 Å². The van der Waals surface area contributed by atoms with Crippen LogP contribution < -0.4 is 5.73 Å². The molecule has 0 saturated carbocycles. The Kier molecular flexibility index (Phi) is 3.56. The predicted molar refractivity (Wildman–Crippen MR) is 73.8 cm³/mol. The van der Waals surface area contributed by atoms with Crippen LogP contribution >= 0.6 is 27.3 Å². The fourth-order valence-corrected chi connectivity index (χ4v) is 4.76. The molecule has 1 aromatic heterocycles. The lowest BCUT2D eigenvalue weighted by molar-refractivity contribution is 0.595. The quantitative estimate of drug-likeness (QED) is 0.879. The molecule has 0 spiro atoms. The third-order valence-corrected chi connectivity index (χ3v) is 5.62. The first-order valence-corrected chi connectivity index (χ1v) is 8.17. The molecule has 2 rings (SSSR count). The summed E-state index contributed by atoms with van der Waals surface area (Å²) in [5.74, 6) is 0.0129. The van der Waals surface area contributed by atoms with Gasteiger partial charge in [-0.05, 0) is 56.5 Å². The molecule has 0 unspecified atom stereocenters. The van der Waals surface area contributed by atoms with E-state index >= 15 is 0 Å². The molecule has 1 heterocycles. The molecule has 0 aliphatic carbocycles. The summed E-state index contributed by atoms with van der Waals surface area (Å²) < 4.78 is 24.8. The molecule has 0 bridgehead atoms. The van der Waals surface area contributed by atoms with Gasteiger partial charge in [0.1, 0.15) is 0 Å². The van der Waals surface area contributed by atoms with Crippen LogP contribution in [0.1, 0.15) is 5.56 Å². The fourth-order valence-electron chi connectivity index (χ4n) is 1.44. The molecule has 0 radical (unpaired) electrons. The number of benzene rings is 1. The van der Waals surface area contributed by atoms with Crippen LogP contribution in [0.2, 0.25) is 0 Å². The van der Waals surface area contributed by atoms with Crippen molar-refractivity contribution < 1.29 is 8.42 Å². The first-order valence-electron chi connectivity index (χ1n) is 4.78. The Morgan fingerprint density at radius 2 is 2.06 bits per heavy atom. The van der Waals surface area contributed by atoms with Crippen molar-refractivity contribution in [1.29, 1.82) is 0 Å². The minimum Gasteiger partial charge on any atom is -0.399 e. The van der Waals surface area contributed by atoms with E-state index in [0.717, 1.165) is 5.56 Å². The monoisotopic (exact) mass is 331 g/mol. The molecule has 0 saturated heterocycles. The molecule has 0 aliphatic heterocycles. The number of rotatable bonds is 3. The predicted octanol–water partition coefficient (Wildman–Crippen LogP) is 3.07. The average molecular weight is 332 g/mol. The summed E-state index contributed by atoms with van der Waals surface area (Å²) in [7, 11) is -3.33. The largest absolute Gasteiger partial charge is 0.399 e. The normalized spacial score (nSPS) is 11.6. The molecular weight excluding hydrogens is 322 g/mol. The summed E-state index contributed by atoms with van der Waals surface area (Å²) >= 11 is 4.72. The van der Waals surface area contributed by atoms with Crippen molar-refractivity contribution in [2.75, 3.05) is 5.73 Å². The van der Waals surface area contributed by atoms with Crippen LogP contribution in [0.3, 0.4) is 0 Å². The molecule has 2 N–H and O–H groups in total. The second-order valence-corrected chi connectivity index (χ2v) is 7.17. The Labute approximate surface area is 112 Å². The Balaban J connectivity index is 2.38. The SMILES string of the molecule is Nc1ccc(S(=O)(=O)Cc2ccsc2)c(Br)c1. The van der Waals surface area contributed by atoms with Gasteiger partial charge in [0, 0.05) is 10.2 Å². The zero-order valence-corrected chi connectivity index (χ0v) is 12.0. The maximum Gasteiger partial charge on any atom is 0.183 e. The van der Waals surface area contributed by atoms with Gasteiger partial charge >= 0.3 is 0 Å². The first kappa shape index (κ1) is 12.6. The van der Waals surface area contributed by atoms with Gasteiger partial charge in [0.15, 0.2) is 9.84 Å². The Bertz CT molecular complexity index is 621. The number of sulfone groups is 1. The van der Waals surface area contributed by atoms with Gasteiger partial charge < -0.3 is 5.73 Å². The minimum absolute atomic E-state index is 0.0129. The third-order valence-electron chi connectivity index (χ3n) is 2.23. The first-order chi connectivity index (χ1) is 7.99. The van der Waals surface area contributed by atoms with Crippen molar-refractivity contribution in [1.82, 2.24) is 0 Å². The van der Waals surface area contributed by atoms with Gasteiger partial charge in [0.05, 0.1) is 10.6 Å². The maximum atomic E-state index is 12.2. The van der Waals surface area contributed by atoms with Crippen molar-refractivity contribution in [2.24, 2.45) is 0 Å². The molecule has 6 heteroatoms. The zero-order valence-electron chi connectivity index (χ0n) is 8.76. The molecular formula is C11H10BrNO2S2. The van der Waals surface area contributed by atoms with Gasteiger partial charge in [-0.2, -0.15) is 11.3 Å². The summed E-state index contributed by atoms with van der Waals surface area (Å²) in [5.41, 5.74) is 6.92. The van der Waals surface area contributed by atoms with Crippen molar-refractivity contribution in [3.05, 3.63) is 45.1 Å². The standard InChI is InChI=1S/C11H10BrNO2S2/c12-10-5-9(13)1-2-11(10)17(14,15)7-8-3-4-16-6-8/h1-6H,7,13H2. The average Bonchev–Trinajstić information content (AvgIpc) is 2.68. The summed E-state index contributed by atoms with van der Waals surface area (Å²) in [6.45, 7) is 0. The van der Waals surface area contributed by atoms with Gasteiger partial charge in [-0.3, -0.25) is 0 Å². The molecule has 3 nitrogen and oxygen atoms in total. The third kappa shape index (κ3) is 2.88. The Morgan fingerprint density at radius 3 is 2.65 bits per heavy atom. The number of thiophene rings is 1. The smallest absolute Gasteiger partial charge is 0.183 e. The number of nitrogens with two attached hydrogens (primary N) is 1. The van der Waals surface area contributed by atoms with Gasteiger partial charge in [0.2, 0.25) is 0 Å². The molecule has 0 aliphatic rings. The van der Waals surface area contributed by atoms with E-state index in [1.165, 1.54) is 17.4 Å². The highest BCUT2D eigenvalue weighted by Gasteiger charge is 2.18. The Hall–Kier alpha value is -0.850. The second kappa shape index (κ2) is 4.80. The zero-order chi connectivity index (χ0) is 12.5. The van der Waals surface area contributed by atoms with E-state index in [2.05, 4.69) is 15.9 Å². The van der Waals surface area contributed by atoms with Gasteiger partial charge in [-0.1, -0.05) is 0 Å². The molecule has 0 amide bonds. The highest BCUT2D eigenvalue weighted by Crippen LogP contribution is 2.27. The Morgan fingerprint density at radius 1 is 1.29 bits per heavy atom. The minimum atomic E-state index is -3.33. The van der Waals surface area contributed by atoms with Crippen LogP contribution in [0.25, 0.3) is 0 Å². The maximum absolute atomic E-state index is 12.2. The summed E-state index contributed by atoms with van der Waals surface area (Å²) in [6, 6.07) is 6.53. The van der Waals surface area contributed by atoms with E-state index in [4.69, 9.17) is 5.73 Å². The molecule has 17 heavy (non-hydrogen) atoms. The van der Waals surface area contributed by atoms with E-state index in [0.29, 0.717) is 10.2 Å². The number of hydrogen-bond acceptors (Lipinski definition) is 4. The highest BCUT2D eigenvalue weighted by atomic mass is 79.9. The number of hydrogen-bond donors (Lipinski definition) is 1. The summed E-state index contributed by atoms with van der Waals surface area (Å²) in [6.07, 6.45) is 0. The van der Waals surface area contributed by atoms with E-state index in [1.807, 2.05) is 16.8 Å². The van der Waals surface area contributed by atoms with Gasteiger partial charge in [-0.15, -0.1) is 0 Å². The molecule has 1 aromatic carbocycles. The van der Waals surface area contributed by atoms with Crippen molar-refractivity contribution >= 4 is 42.8 Å². The van der Waals surface area contributed by atoms with E-state index < -0.39 is 9.84 Å². The van der Waals surface area contributed by atoms with Crippen molar-refractivity contribution in [3.8, 4) is 0 Å². The van der Waals surface area contributed by atoms with Crippen LogP contribution in [0.4, 0.5) is 5.69 Å². The second-order valence-electron chi connectivity index (χ2n) is 3.58. The van der Waals surface area contributed by atoms with Crippen molar-refractivity contribution in [3.63, 3.8) is 0 Å². The number of halogens is 1. The van der Waals surface area contributed by atoms with E-state index in [1.54, 1.807) is 12.1 Å².